The number of nitrogens with two attached hydrogens (primary N) is 1. The SMILES string of the molecule is NNC(Cc1cc(Br)ccc1F)c1ccncn1. The smallest absolute Gasteiger partial charge is 0.126 e. The molecule has 1 unspecified atom stereocenters. The van der Waals surface area contributed by atoms with Crippen LogP contribution in [0.4, 0.5) is 4.39 Å². The lowest BCUT2D eigenvalue weighted by molar-refractivity contribution is 0.517. The van der Waals surface area contributed by atoms with Gasteiger partial charge in [0.15, 0.2) is 0 Å². The zero-order valence-electron chi connectivity index (χ0n) is 9.48. The molecule has 1 heterocycles. The minimum atomic E-state index is -0.257. The third kappa shape index (κ3) is 3.10. The van der Waals surface area contributed by atoms with Gasteiger partial charge in [0.25, 0.3) is 0 Å². The molecule has 94 valence electrons. The normalized spacial score (nSPS) is 12.4. The van der Waals surface area contributed by atoms with Crippen molar-refractivity contribution < 1.29 is 4.39 Å². The summed E-state index contributed by atoms with van der Waals surface area (Å²) in [5.41, 5.74) is 3.94. The molecule has 0 saturated carbocycles. The number of rotatable bonds is 4. The molecule has 0 aliphatic carbocycles. The maximum absolute atomic E-state index is 13.7. The van der Waals surface area contributed by atoms with Gasteiger partial charge >= 0.3 is 0 Å². The Hall–Kier alpha value is -1.37. The van der Waals surface area contributed by atoms with Crippen LogP contribution in [-0.4, -0.2) is 9.97 Å². The monoisotopic (exact) mass is 310 g/mol. The molecule has 2 rings (SSSR count). The summed E-state index contributed by atoms with van der Waals surface area (Å²) in [5.74, 6) is 5.24. The zero-order chi connectivity index (χ0) is 13.0. The van der Waals surface area contributed by atoms with Gasteiger partial charge in [0.2, 0.25) is 0 Å². The standard InChI is InChI=1S/C12H12BrFN4/c13-9-1-2-10(14)8(5-9)6-12(18-15)11-3-4-16-7-17-11/h1-5,7,12,18H,6,15H2. The molecule has 1 aromatic carbocycles. The second kappa shape index (κ2) is 5.99. The summed E-state index contributed by atoms with van der Waals surface area (Å²) in [6.07, 6.45) is 3.49. The third-order valence-corrected chi connectivity index (χ3v) is 3.09. The van der Waals surface area contributed by atoms with Crippen molar-refractivity contribution >= 4 is 15.9 Å². The summed E-state index contributed by atoms with van der Waals surface area (Å²) in [6, 6.07) is 6.32. The first kappa shape index (κ1) is 13.1. The van der Waals surface area contributed by atoms with E-state index >= 15 is 0 Å². The lowest BCUT2D eigenvalue weighted by atomic mass is 10.0. The van der Waals surface area contributed by atoms with E-state index in [9.17, 15) is 4.39 Å². The number of halogens is 2. The molecule has 1 aromatic heterocycles. The van der Waals surface area contributed by atoms with Gasteiger partial charge in [-0.25, -0.2) is 14.4 Å². The van der Waals surface area contributed by atoms with Crippen LogP contribution in [-0.2, 0) is 6.42 Å². The van der Waals surface area contributed by atoms with Crippen molar-refractivity contribution in [3.05, 3.63) is 58.3 Å². The molecule has 0 saturated heterocycles. The van der Waals surface area contributed by atoms with E-state index in [1.807, 2.05) is 0 Å². The molecule has 0 fully saturated rings. The lowest BCUT2D eigenvalue weighted by Gasteiger charge is -2.15. The fourth-order valence-electron chi connectivity index (χ4n) is 1.68. The number of nitrogens with one attached hydrogen (secondary N) is 1. The first-order chi connectivity index (χ1) is 8.70. The van der Waals surface area contributed by atoms with Crippen molar-refractivity contribution in [1.82, 2.24) is 15.4 Å². The third-order valence-electron chi connectivity index (χ3n) is 2.59. The van der Waals surface area contributed by atoms with Gasteiger partial charge in [-0.15, -0.1) is 0 Å². The average molecular weight is 311 g/mol. The van der Waals surface area contributed by atoms with Gasteiger partial charge in [0.05, 0.1) is 11.7 Å². The Labute approximate surface area is 113 Å². The molecule has 4 nitrogen and oxygen atoms in total. The van der Waals surface area contributed by atoms with Crippen LogP contribution in [0, 0.1) is 5.82 Å². The van der Waals surface area contributed by atoms with Crippen LogP contribution >= 0.6 is 15.9 Å². The molecule has 0 bridgehead atoms. The summed E-state index contributed by atoms with van der Waals surface area (Å²) < 4.78 is 14.5. The van der Waals surface area contributed by atoms with Crippen molar-refractivity contribution in [2.45, 2.75) is 12.5 Å². The van der Waals surface area contributed by atoms with E-state index in [4.69, 9.17) is 5.84 Å². The predicted molar refractivity (Wildman–Crippen MR) is 69.9 cm³/mol. The van der Waals surface area contributed by atoms with Crippen LogP contribution in [0.25, 0.3) is 0 Å². The molecule has 0 amide bonds. The highest BCUT2D eigenvalue weighted by Crippen LogP contribution is 2.21. The minimum Gasteiger partial charge on any atom is -0.271 e. The van der Waals surface area contributed by atoms with E-state index < -0.39 is 0 Å². The highest BCUT2D eigenvalue weighted by Gasteiger charge is 2.14. The highest BCUT2D eigenvalue weighted by atomic mass is 79.9. The molecule has 0 aliphatic heterocycles. The van der Waals surface area contributed by atoms with Crippen LogP contribution in [0.1, 0.15) is 17.3 Å². The van der Waals surface area contributed by atoms with Crippen molar-refractivity contribution in [1.29, 1.82) is 0 Å². The second-order valence-electron chi connectivity index (χ2n) is 3.79. The fraction of sp³-hybridized carbons (Fsp3) is 0.167. The number of hydrazine groups is 1. The summed E-state index contributed by atoms with van der Waals surface area (Å²) in [7, 11) is 0. The maximum Gasteiger partial charge on any atom is 0.126 e. The minimum absolute atomic E-state index is 0.253. The number of nitrogens with zero attached hydrogens (tertiary/aromatic N) is 2. The lowest BCUT2D eigenvalue weighted by Crippen LogP contribution is -2.30. The fourth-order valence-corrected chi connectivity index (χ4v) is 2.08. The Morgan fingerprint density at radius 3 is 2.89 bits per heavy atom. The second-order valence-corrected chi connectivity index (χ2v) is 4.71. The van der Waals surface area contributed by atoms with Gasteiger partial charge in [-0.2, -0.15) is 0 Å². The van der Waals surface area contributed by atoms with Gasteiger partial charge in [0.1, 0.15) is 12.1 Å². The van der Waals surface area contributed by atoms with Crippen molar-refractivity contribution in [3.63, 3.8) is 0 Å². The summed E-state index contributed by atoms with van der Waals surface area (Å²) in [5, 5.41) is 0. The molecular weight excluding hydrogens is 299 g/mol. The van der Waals surface area contributed by atoms with Crippen LogP contribution < -0.4 is 11.3 Å². The summed E-state index contributed by atoms with van der Waals surface area (Å²) in [4.78, 5) is 7.95. The molecule has 18 heavy (non-hydrogen) atoms. The van der Waals surface area contributed by atoms with Crippen molar-refractivity contribution in [3.8, 4) is 0 Å². The van der Waals surface area contributed by atoms with Crippen molar-refractivity contribution in [2.75, 3.05) is 0 Å². The highest BCUT2D eigenvalue weighted by molar-refractivity contribution is 9.10. The molecule has 0 radical (unpaired) electrons. The van der Waals surface area contributed by atoms with Crippen LogP contribution in [0.5, 0.6) is 0 Å². The number of benzene rings is 1. The van der Waals surface area contributed by atoms with Crippen molar-refractivity contribution in [2.24, 2.45) is 5.84 Å². The molecule has 0 aliphatic rings. The van der Waals surface area contributed by atoms with Crippen LogP contribution in [0.15, 0.2) is 41.3 Å². The summed E-state index contributed by atoms with van der Waals surface area (Å²) >= 11 is 3.32. The molecule has 3 N–H and O–H groups in total. The topological polar surface area (TPSA) is 63.8 Å². The van der Waals surface area contributed by atoms with Gasteiger partial charge in [0, 0.05) is 10.7 Å². The predicted octanol–water partition coefficient (Wildman–Crippen LogP) is 2.13. The number of aromatic nitrogens is 2. The Kier molecular flexibility index (Phi) is 4.35. The quantitative estimate of drug-likeness (QED) is 0.671. The van der Waals surface area contributed by atoms with Gasteiger partial charge in [-0.3, -0.25) is 11.3 Å². The largest absolute Gasteiger partial charge is 0.271 e. The average Bonchev–Trinajstić information content (AvgIpc) is 2.41. The van der Waals surface area contributed by atoms with Gasteiger partial charge in [-0.1, -0.05) is 15.9 Å². The molecule has 2 aromatic rings. The first-order valence-corrected chi connectivity index (χ1v) is 6.16. The van der Waals surface area contributed by atoms with E-state index in [0.29, 0.717) is 12.0 Å². The van der Waals surface area contributed by atoms with E-state index in [1.54, 1.807) is 24.4 Å². The molecule has 0 spiro atoms. The zero-order valence-corrected chi connectivity index (χ0v) is 11.1. The van der Waals surface area contributed by atoms with E-state index in [-0.39, 0.29) is 11.9 Å². The Bertz CT molecular complexity index is 521. The van der Waals surface area contributed by atoms with E-state index in [2.05, 4.69) is 31.3 Å². The number of hydrogen-bond donors (Lipinski definition) is 2. The first-order valence-electron chi connectivity index (χ1n) is 5.36. The van der Waals surface area contributed by atoms with Crippen LogP contribution in [0.2, 0.25) is 0 Å². The molecule has 6 heteroatoms. The van der Waals surface area contributed by atoms with E-state index in [1.165, 1.54) is 12.4 Å². The Morgan fingerprint density at radius 1 is 1.39 bits per heavy atom. The maximum atomic E-state index is 13.7. The Morgan fingerprint density at radius 2 is 2.22 bits per heavy atom. The van der Waals surface area contributed by atoms with Gasteiger partial charge < -0.3 is 0 Å². The van der Waals surface area contributed by atoms with E-state index in [0.717, 1.165) is 10.2 Å². The van der Waals surface area contributed by atoms with Gasteiger partial charge in [-0.05, 0) is 36.2 Å². The molecular formula is C12H12BrFN4. The summed E-state index contributed by atoms with van der Waals surface area (Å²) in [6.45, 7) is 0. The Balaban J connectivity index is 2.23. The van der Waals surface area contributed by atoms with Crippen LogP contribution in [0.3, 0.4) is 0 Å². The number of hydrogen-bond acceptors (Lipinski definition) is 4. The molecule has 1 atom stereocenters.